The smallest absolute Gasteiger partial charge is 0.0940 e. The van der Waals surface area contributed by atoms with Crippen LogP contribution in [0.3, 0.4) is 0 Å². The van der Waals surface area contributed by atoms with Gasteiger partial charge in [0, 0.05) is 12.1 Å². The summed E-state index contributed by atoms with van der Waals surface area (Å²) in [4.78, 5) is 0. The van der Waals surface area contributed by atoms with Gasteiger partial charge in [-0.25, -0.2) is 0 Å². The standard InChI is InChI=1S/C18H29NO/c1-13-10-16(12-18(3,4)11-13)19-14(2)17(20)15-8-6-5-7-9-15/h5-9,13-14,16-17,19-20H,10-12H2,1-4H3. The fourth-order valence-corrected chi connectivity index (χ4v) is 3.87. The molecule has 4 unspecified atom stereocenters. The summed E-state index contributed by atoms with van der Waals surface area (Å²) in [6, 6.07) is 10.5. The van der Waals surface area contributed by atoms with Crippen LogP contribution in [-0.2, 0) is 0 Å². The fourth-order valence-electron chi connectivity index (χ4n) is 3.87. The molecule has 0 aromatic heterocycles. The molecule has 2 rings (SSSR count). The molecule has 0 amide bonds. The Bertz CT molecular complexity index is 415. The van der Waals surface area contributed by atoms with E-state index in [0.29, 0.717) is 11.5 Å². The van der Waals surface area contributed by atoms with Gasteiger partial charge < -0.3 is 10.4 Å². The predicted octanol–water partition coefficient (Wildman–Crippen LogP) is 3.91. The molecule has 0 aliphatic heterocycles. The molecule has 2 N–H and O–H groups in total. The highest BCUT2D eigenvalue weighted by molar-refractivity contribution is 5.18. The maximum atomic E-state index is 10.5. The van der Waals surface area contributed by atoms with Crippen molar-refractivity contribution in [2.75, 3.05) is 0 Å². The van der Waals surface area contributed by atoms with Gasteiger partial charge in [-0.15, -0.1) is 0 Å². The number of rotatable bonds is 4. The summed E-state index contributed by atoms with van der Waals surface area (Å²) in [5.41, 5.74) is 1.41. The molecular weight excluding hydrogens is 246 g/mol. The third kappa shape index (κ3) is 4.07. The minimum absolute atomic E-state index is 0.0866. The Balaban J connectivity index is 1.95. The lowest BCUT2D eigenvalue weighted by Gasteiger charge is -2.41. The van der Waals surface area contributed by atoms with E-state index in [1.165, 1.54) is 19.3 Å². The molecule has 1 saturated carbocycles. The zero-order valence-corrected chi connectivity index (χ0v) is 13.3. The van der Waals surface area contributed by atoms with E-state index >= 15 is 0 Å². The normalized spacial score (nSPS) is 28.9. The molecule has 1 aromatic rings. The fraction of sp³-hybridized carbons (Fsp3) is 0.667. The molecule has 0 radical (unpaired) electrons. The molecule has 2 heteroatoms. The van der Waals surface area contributed by atoms with E-state index in [4.69, 9.17) is 0 Å². The van der Waals surface area contributed by atoms with E-state index in [2.05, 4.69) is 33.0 Å². The number of hydrogen-bond donors (Lipinski definition) is 2. The Labute approximate surface area is 123 Å². The van der Waals surface area contributed by atoms with Crippen molar-refractivity contribution >= 4 is 0 Å². The van der Waals surface area contributed by atoms with Crippen LogP contribution in [-0.4, -0.2) is 17.2 Å². The summed E-state index contributed by atoms with van der Waals surface area (Å²) in [7, 11) is 0. The van der Waals surface area contributed by atoms with E-state index in [1.54, 1.807) is 0 Å². The molecule has 1 aliphatic carbocycles. The third-order valence-corrected chi connectivity index (χ3v) is 4.50. The predicted molar refractivity (Wildman–Crippen MR) is 84.6 cm³/mol. The highest BCUT2D eigenvalue weighted by Gasteiger charge is 2.33. The van der Waals surface area contributed by atoms with Crippen LogP contribution in [0.25, 0.3) is 0 Å². The maximum absolute atomic E-state index is 10.5. The van der Waals surface area contributed by atoms with E-state index in [1.807, 2.05) is 30.3 Å². The van der Waals surface area contributed by atoms with Gasteiger partial charge in [-0.05, 0) is 43.1 Å². The second-order valence-corrected chi connectivity index (χ2v) is 7.42. The Kier molecular flexibility index (Phi) is 4.87. The maximum Gasteiger partial charge on any atom is 0.0940 e. The topological polar surface area (TPSA) is 32.3 Å². The summed E-state index contributed by atoms with van der Waals surface area (Å²) in [6.45, 7) is 9.14. The number of aliphatic hydroxyl groups is 1. The first-order valence-corrected chi connectivity index (χ1v) is 7.86. The summed E-state index contributed by atoms with van der Waals surface area (Å²) >= 11 is 0. The first-order chi connectivity index (χ1) is 9.37. The SMILES string of the molecule is CC1CC(NC(C)C(O)c2ccccc2)CC(C)(C)C1. The second-order valence-electron chi connectivity index (χ2n) is 7.42. The molecule has 20 heavy (non-hydrogen) atoms. The lowest BCUT2D eigenvalue weighted by Crippen LogP contribution is -2.45. The van der Waals surface area contributed by atoms with Gasteiger partial charge in [0.1, 0.15) is 0 Å². The first-order valence-electron chi connectivity index (χ1n) is 7.86. The van der Waals surface area contributed by atoms with Crippen molar-refractivity contribution in [1.82, 2.24) is 5.32 Å². The average molecular weight is 275 g/mol. The average Bonchev–Trinajstić information content (AvgIpc) is 2.36. The molecule has 112 valence electrons. The van der Waals surface area contributed by atoms with Gasteiger partial charge in [-0.3, -0.25) is 0 Å². The van der Waals surface area contributed by atoms with Gasteiger partial charge in [0.25, 0.3) is 0 Å². The minimum Gasteiger partial charge on any atom is -0.387 e. The molecular formula is C18H29NO. The van der Waals surface area contributed by atoms with Crippen LogP contribution in [0.15, 0.2) is 30.3 Å². The largest absolute Gasteiger partial charge is 0.387 e. The van der Waals surface area contributed by atoms with Gasteiger partial charge in [-0.2, -0.15) is 0 Å². The molecule has 0 saturated heterocycles. The third-order valence-electron chi connectivity index (χ3n) is 4.50. The van der Waals surface area contributed by atoms with Crippen molar-refractivity contribution in [3.8, 4) is 0 Å². The molecule has 1 aromatic carbocycles. The van der Waals surface area contributed by atoms with E-state index in [0.717, 1.165) is 11.5 Å². The Morgan fingerprint density at radius 3 is 2.45 bits per heavy atom. The van der Waals surface area contributed by atoms with Crippen molar-refractivity contribution in [3.05, 3.63) is 35.9 Å². The van der Waals surface area contributed by atoms with E-state index in [9.17, 15) is 5.11 Å². The van der Waals surface area contributed by atoms with Crippen molar-refractivity contribution in [3.63, 3.8) is 0 Å². The lowest BCUT2D eigenvalue weighted by atomic mass is 9.70. The van der Waals surface area contributed by atoms with Gasteiger partial charge >= 0.3 is 0 Å². The summed E-state index contributed by atoms with van der Waals surface area (Å²) in [5, 5.41) is 14.1. The quantitative estimate of drug-likeness (QED) is 0.873. The number of benzene rings is 1. The zero-order valence-electron chi connectivity index (χ0n) is 13.3. The molecule has 1 fully saturated rings. The number of aliphatic hydroxyl groups excluding tert-OH is 1. The van der Waals surface area contributed by atoms with Crippen molar-refractivity contribution in [1.29, 1.82) is 0 Å². The number of hydrogen-bond acceptors (Lipinski definition) is 2. The van der Waals surface area contributed by atoms with Crippen LogP contribution in [0.4, 0.5) is 0 Å². The Hall–Kier alpha value is -0.860. The van der Waals surface area contributed by atoms with Crippen molar-refractivity contribution < 1.29 is 5.11 Å². The zero-order chi connectivity index (χ0) is 14.8. The first kappa shape index (κ1) is 15.5. The van der Waals surface area contributed by atoms with E-state index in [-0.39, 0.29) is 6.04 Å². The van der Waals surface area contributed by atoms with Gasteiger partial charge in [0.15, 0.2) is 0 Å². The van der Waals surface area contributed by atoms with Gasteiger partial charge in [0.05, 0.1) is 6.10 Å². The van der Waals surface area contributed by atoms with Crippen LogP contribution in [0.1, 0.15) is 58.6 Å². The highest BCUT2D eigenvalue weighted by atomic mass is 16.3. The van der Waals surface area contributed by atoms with Crippen LogP contribution in [0, 0.1) is 11.3 Å². The molecule has 2 nitrogen and oxygen atoms in total. The van der Waals surface area contributed by atoms with Crippen LogP contribution in [0.2, 0.25) is 0 Å². The summed E-state index contributed by atoms with van der Waals surface area (Å²) < 4.78 is 0. The van der Waals surface area contributed by atoms with Crippen molar-refractivity contribution in [2.45, 2.75) is 65.1 Å². The number of nitrogens with one attached hydrogen (secondary N) is 1. The molecule has 0 spiro atoms. The minimum atomic E-state index is -0.434. The summed E-state index contributed by atoms with van der Waals surface area (Å²) in [6.07, 6.45) is 3.29. The van der Waals surface area contributed by atoms with E-state index < -0.39 is 6.10 Å². The highest BCUT2D eigenvalue weighted by Crippen LogP contribution is 2.38. The molecule has 0 heterocycles. The molecule has 1 aliphatic rings. The van der Waals surface area contributed by atoms with Crippen LogP contribution < -0.4 is 5.32 Å². The lowest BCUT2D eigenvalue weighted by molar-refractivity contribution is 0.0978. The van der Waals surface area contributed by atoms with Crippen LogP contribution >= 0.6 is 0 Å². The van der Waals surface area contributed by atoms with Crippen LogP contribution in [0.5, 0.6) is 0 Å². The monoisotopic (exact) mass is 275 g/mol. The van der Waals surface area contributed by atoms with Gasteiger partial charge in [-0.1, -0.05) is 51.1 Å². The second kappa shape index (κ2) is 6.28. The summed E-state index contributed by atoms with van der Waals surface area (Å²) in [5.74, 6) is 0.761. The Morgan fingerprint density at radius 2 is 1.85 bits per heavy atom. The Morgan fingerprint density at radius 1 is 1.20 bits per heavy atom. The molecule has 0 bridgehead atoms. The van der Waals surface area contributed by atoms with Gasteiger partial charge in [0.2, 0.25) is 0 Å². The van der Waals surface area contributed by atoms with Crippen molar-refractivity contribution in [2.24, 2.45) is 11.3 Å². The molecule has 4 atom stereocenters.